The van der Waals surface area contributed by atoms with Crippen LogP contribution in [0.5, 0.6) is 0 Å². The Morgan fingerprint density at radius 3 is 2.37 bits per heavy atom. The Labute approximate surface area is 235 Å². The molecule has 1 aliphatic heterocycles. The molecule has 220 valence electrons. The van der Waals surface area contributed by atoms with Crippen LogP contribution in [0.25, 0.3) is 10.9 Å². The molecule has 2 aromatic carbocycles. The van der Waals surface area contributed by atoms with E-state index in [9.17, 15) is 36.3 Å². The Kier molecular flexibility index (Phi) is 9.33. The van der Waals surface area contributed by atoms with E-state index in [1.807, 2.05) is 0 Å². The van der Waals surface area contributed by atoms with Crippen molar-refractivity contribution < 1.29 is 36.3 Å². The molecule has 4 rings (SSSR count). The van der Waals surface area contributed by atoms with Crippen LogP contribution >= 0.6 is 0 Å². The molecule has 3 aromatic rings. The monoisotopic (exact) mass is 593 g/mol. The molecule has 0 atom stereocenters. The summed E-state index contributed by atoms with van der Waals surface area (Å²) in [7, 11) is -4.27. The van der Waals surface area contributed by atoms with E-state index in [0.29, 0.717) is 30.6 Å². The third-order valence-electron chi connectivity index (χ3n) is 6.67. The van der Waals surface area contributed by atoms with Gasteiger partial charge in [-0.05, 0) is 62.3 Å². The minimum atomic E-state index is -4.61. The summed E-state index contributed by atoms with van der Waals surface area (Å²) in [6.07, 6.45) is -2.49. The Hall–Kier alpha value is -3.91. The number of benzene rings is 2. The fourth-order valence-corrected chi connectivity index (χ4v) is 5.60. The van der Waals surface area contributed by atoms with Crippen LogP contribution < -0.4 is 10.0 Å². The van der Waals surface area contributed by atoms with E-state index >= 15 is 0 Å². The quantitative estimate of drug-likeness (QED) is 0.322. The molecule has 10 nitrogen and oxygen atoms in total. The second kappa shape index (κ2) is 12.7. The third-order valence-corrected chi connectivity index (χ3v) is 8.05. The minimum absolute atomic E-state index is 0.0570. The number of nitrogens with zero attached hydrogens (tertiary/aromatic N) is 3. The van der Waals surface area contributed by atoms with E-state index in [-0.39, 0.29) is 28.3 Å². The molecule has 2 amide bonds. The number of pyridine rings is 1. The van der Waals surface area contributed by atoms with E-state index in [0.717, 1.165) is 43.0 Å². The first-order valence-electron chi connectivity index (χ1n) is 13.0. The molecule has 0 bridgehead atoms. The van der Waals surface area contributed by atoms with Gasteiger partial charge >= 0.3 is 12.3 Å². The van der Waals surface area contributed by atoms with Crippen LogP contribution in [-0.2, 0) is 27.5 Å². The lowest BCUT2D eigenvalue weighted by atomic mass is 10.1. The van der Waals surface area contributed by atoms with Crippen molar-refractivity contribution in [3.05, 3.63) is 65.9 Å². The SMILES string of the molecule is O=C(CN(Cc1ccc2cccc(NS(=O)(=O)c3ccc(C(F)(F)F)cc3)c2n1)C(=O)O)NCCN1CCCCC1. The van der Waals surface area contributed by atoms with Gasteiger partial charge < -0.3 is 15.3 Å². The highest BCUT2D eigenvalue weighted by molar-refractivity contribution is 7.92. The van der Waals surface area contributed by atoms with Gasteiger partial charge in [0.15, 0.2) is 0 Å². The van der Waals surface area contributed by atoms with Crippen LogP contribution in [0.1, 0.15) is 30.5 Å². The minimum Gasteiger partial charge on any atom is -0.465 e. The number of piperidine rings is 1. The summed E-state index contributed by atoms with van der Waals surface area (Å²) < 4.78 is 66.8. The van der Waals surface area contributed by atoms with Crippen LogP contribution in [-0.4, -0.2) is 73.0 Å². The Bertz CT molecular complexity index is 1490. The molecule has 14 heteroatoms. The highest BCUT2D eigenvalue weighted by Gasteiger charge is 2.30. The number of amides is 2. The Morgan fingerprint density at radius 2 is 1.71 bits per heavy atom. The number of fused-ring (bicyclic) bond motifs is 1. The molecule has 0 unspecified atom stereocenters. The summed E-state index contributed by atoms with van der Waals surface area (Å²) in [6.45, 7) is 2.42. The summed E-state index contributed by atoms with van der Waals surface area (Å²) in [4.78, 5) is 31.5. The number of likely N-dealkylation sites (tertiary alicyclic amines) is 1. The molecule has 1 saturated heterocycles. The first-order chi connectivity index (χ1) is 19.4. The van der Waals surface area contributed by atoms with Crippen molar-refractivity contribution in [3.8, 4) is 0 Å². The second-order valence-corrected chi connectivity index (χ2v) is 11.4. The molecule has 1 aromatic heterocycles. The van der Waals surface area contributed by atoms with Gasteiger partial charge in [-0.15, -0.1) is 0 Å². The number of alkyl halides is 3. The van der Waals surface area contributed by atoms with Crippen molar-refractivity contribution in [2.75, 3.05) is 37.4 Å². The maximum Gasteiger partial charge on any atom is 0.416 e. The molecule has 0 radical (unpaired) electrons. The first-order valence-corrected chi connectivity index (χ1v) is 14.5. The second-order valence-electron chi connectivity index (χ2n) is 9.70. The van der Waals surface area contributed by atoms with Gasteiger partial charge in [-0.2, -0.15) is 13.2 Å². The zero-order valence-electron chi connectivity index (χ0n) is 22.0. The number of carbonyl (C=O) groups is 2. The number of anilines is 1. The van der Waals surface area contributed by atoms with Crippen LogP contribution in [0.2, 0.25) is 0 Å². The molecule has 41 heavy (non-hydrogen) atoms. The Morgan fingerprint density at radius 1 is 1.00 bits per heavy atom. The van der Waals surface area contributed by atoms with Gasteiger partial charge in [0.25, 0.3) is 10.0 Å². The number of hydrogen-bond acceptors (Lipinski definition) is 6. The topological polar surface area (TPSA) is 132 Å². The zero-order valence-corrected chi connectivity index (χ0v) is 22.8. The molecular weight excluding hydrogens is 563 g/mol. The fourth-order valence-electron chi connectivity index (χ4n) is 4.54. The number of rotatable bonds is 10. The van der Waals surface area contributed by atoms with E-state index in [1.54, 1.807) is 24.3 Å². The zero-order chi connectivity index (χ0) is 29.6. The van der Waals surface area contributed by atoms with Gasteiger partial charge in [0.2, 0.25) is 5.91 Å². The van der Waals surface area contributed by atoms with Crippen molar-refractivity contribution in [2.45, 2.75) is 36.9 Å². The summed E-state index contributed by atoms with van der Waals surface area (Å²) in [5.41, 5.74) is -0.452. The van der Waals surface area contributed by atoms with Gasteiger partial charge in [-0.1, -0.05) is 24.6 Å². The van der Waals surface area contributed by atoms with E-state index in [2.05, 4.69) is 19.9 Å². The third kappa shape index (κ3) is 8.07. The molecule has 1 fully saturated rings. The van der Waals surface area contributed by atoms with Crippen LogP contribution in [0.15, 0.2) is 59.5 Å². The predicted octanol–water partition coefficient (Wildman–Crippen LogP) is 4.14. The molecule has 1 aliphatic rings. The van der Waals surface area contributed by atoms with Crippen molar-refractivity contribution >= 4 is 38.6 Å². The number of sulfonamides is 1. The average Bonchev–Trinajstić information content (AvgIpc) is 2.93. The van der Waals surface area contributed by atoms with Gasteiger partial charge in [-0.25, -0.2) is 18.2 Å². The van der Waals surface area contributed by atoms with Gasteiger partial charge in [0.1, 0.15) is 6.54 Å². The number of aromatic nitrogens is 1. The lowest BCUT2D eigenvalue weighted by Crippen LogP contribution is -2.43. The summed E-state index contributed by atoms with van der Waals surface area (Å²) in [5.74, 6) is -0.449. The number of carbonyl (C=O) groups excluding carboxylic acids is 1. The largest absolute Gasteiger partial charge is 0.465 e. The van der Waals surface area contributed by atoms with Crippen LogP contribution in [0.4, 0.5) is 23.7 Å². The van der Waals surface area contributed by atoms with Crippen LogP contribution in [0, 0.1) is 0 Å². The van der Waals surface area contributed by atoms with E-state index in [1.165, 1.54) is 12.5 Å². The first kappa shape index (κ1) is 30.1. The molecular formula is C27H30F3N5O5S. The molecule has 0 spiro atoms. The average molecular weight is 594 g/mol. The smallest absolute Gasteiger partial charge is 0.416 e. The number of hydrogen-bond donors (Lipinski definition) is 3. The van der Waals surface area contributed by atoms with E-state index in [4.69, 9.17) is 0 Å². The molecule has 0 aliphatic carbocycles. The molecule has 3 N–H and O–H groups in total. The van der Waals surface area contributed by atoms with Gasteiger partial charge in [-0.3, -0.25) is 14.4 Å². The lowest BCUT2D eigenvalue weighted by molar-refractivity contribution is -0.137. The summed E-state index contributed by atoms with van der Waals surface area (Å²) >= 11 is 0. The molecule has 2 heterocycles. The Balaban J connectivity index is 1.45. The summed E-state index contributed by atoms with van der Waals surface area (Å²) in [6, 6.07) is 11.0. The summed E-state index contributed by atoms with van der Waals surface area (Å²) in [5, 5.41) is 13.0. The standard InChI is InChI=1S/C27H30F3N5O5S/c28-27(29,30)20-8-11-22(12-9-20)41(39,40)33-23-6-4-5-19-7-10-21(32-25(19)23)17-35(26(37)38)18-24(36)31-13-16-34-14-2-1-3-15-34/h4-12,33H,1-3,13-18H2,(H,31,36)(H,37,38). The highest BCUT2D eigenvalue weighted by Crippen LogP contribution is 2.30. The van der Waals surface area contributed by atoms with Crippen molar-refractivity contribution in [3.63, 3.8) is 0 Å². The van der Waals surface area contributed by atoms with Crippen molar-refractivity contribution in [1.82, 2.24) is 20.1 Å². The lowest BCUT2D eigenvalue weighted by Gasteiger charge is -2.26. The predicted molar refractivity (Wildman–Crippen MR) is 146 cm³/mol. The number of para-hydroxylation sites is 1. The van der Waals surface area contributed by atoms with Gasteiger partial charge in [0.05, 0.1) is 33.9 Å². The van der Waals surface area contributed by atoms with Crippen LogP contribution in [0.3, 0.4) is 0 Å². The highest BCUT2D eigenvalue weighted by atomic mass is 32.2. The maximum absolute atomic E-state index is 12.9. The molecule has 0 saturated carbocycles. The number of nitrogens with one attached hydrogen (secondary N) is 2. The van der Waals surface area contributed by atoms with E-state index < -0.39 is 40.3 Å². The number of carboxylic acid groups (broad SMARTS) is 1. The normalized spacial score (nSPS) is 14.5. The van der Waals surface area contributed by atoms with Gasteiger partial charge in [0, 0.05) is 18.5 Å². The fraction of sp³-hybridized carbons (Fsp3) is 0.370. The van der Waals surface area contributed by atoms with Crippen molar-refractivity contribution in [1.29, 1.82) is 0 Å². The maximum atomic E-state index is 12.9. The van der Waals surface area contributed by atoms with Crippen molar-refractivity contribution in [2.24, 2.45) is 0 Å². The number of halogens is 3.